The van der Waals surface area contributed by atoms with Crippen molar-refractivity contribution in [1.82, 2.24) is 4.90 Å². The van der Waals surface area contributed by atoms with E-state index in [0.717, 1.165) is 70.9 Å². The van der Waals surface area contributed by atoms with Crippen molar-refractivity contribution in [1.29, 1.82) is 0 Å². The number of benzene rings is 2. The lowest BCUT2D eigenvalue weighted by molar-refractivity contribution is 0.0837. The van der Waals surface area contributed by atoms with Gasteiger partial charge in [-0.3, -0.25) is 9.59 Å². The fourth-order valence-electron chi connectivity index (χ4n) is 6.56. The SMILES string of the molecule is CC.CCCCCCC1CCCC(C(=O)c2ccc(C)c(OC)c2)CC1.CN1C(=O)c2ccccc2/C=C/C2=C/C=C/CC/C=C\21. The van der Waals surface area contributed by atoms with E-state index in [2.05, 4.69) is 37.3 Å². The van der Waals surface area contributed by atoms with Crippen LogP contribution < -0.4 is 4.74 Å². The van der Waals surface area contributed by atoms with Crippen molar-refractivity contribution >= 4 is 17.8 Å². The molecule has 0 bridgehead atoms. The van der Waals surface area contributed by atoms with Gasteiger partial charge in [-0.05, 0) is 73.8 Å². The Bertz CT molecular complexity index is 1400. The summed E-state index contributed by atoms with van der Waals surface area (Å²) in [6.45, 7) is 8.28. The van der Waals surface area contributed by atoms with Crippen molar-refractivity contribution < 1.29 is 14.3 Å². The van der Waals surface area contributed by atoms with Gasteiger partial charge in [0, 0.05) is 29.8 Å². The van der Waals surface area contributed by atoms with Crippen LogP contribution in [0.25, 0.3) is 6.08 Å². The first-order chi connectivity index (χ1) is 22.4. The molecule has 0 aromatic heterocycles. The minimum absolute atomic E-state index is 0.0478. The number of fused-ring (bicyclic) bond motifs is 2. The number of hydrogen-bond donors (Lipinski definition) is 0. The van der Waals surface area contributed by atoms with Crippen LogP contribution in [-0.4, -0.2) is 30.7 Å². The summed E-state index contributed by atoms with van der Waals surface area (Å²) in [5.74, 6) is 2.24. The van der Waals surface area contributed by atoms with Crippen LogP contribution in [0.15, 0.2) is 84.1 Å². The summed E-state index contributed by atoms with van der Waals surface area (Å²) in [6, 6.07) is 13.6. The molecule has 0 saturated heterocycles. The highest BCUT2D eigenvalue weighted by atomic mass is 16.5. The van der Waals surface area contributed by atoms with E-state index in [1.165, 1.54) is 51.4 Å². The van der Waals surface area contributed by atoms with Gasteiger partial charge in [0.2, 0.25) is 0 Å². The molecular formula is C42H57NO3. The van der Waals surface area contributed by atoms with Crippen LogP contribution in [0.1, 0.15) is 130 Å². The van der Waals surface area contributed by atoms with Crippen LogP contribution in [0, 0.1) is 18.8 Å². The van der Waals surface area contributed by atoms with Crippen LogP contribution >= 0.6 is 0 Å². The Morgan fingerprint density at radius 2 is 1.76 bits per heavy atom. The normalized spacial score (nSPS) is 22.7. The van der Waals surface area contributed by atoms with E-state index in [1.807, 2.05) is 76.4 Å². The molecule has 1 amide bonds. The van der Waals surface area contributed by atoms with Crippen LogP contribution in [0.5, 0.6) is 5.75 Å². The highest BCUT2D eigenvalue weighted by Gasteiger charge is 2.25. The number of hydrogen-bond acceptors (Lipinski definition) is 3. The molecule has 5 rings (SSSR count). The van der Waals surface area contributed by atoms with Crippen LogP contribution in [0.3, 0.4) is 0 Å². The number of amides is 1. The molecule has 1 saturated carbocycles. The lowest BCUT2D eigenvalue weighted by Gasteiger charge is -2.25. The Kier molecular flexibility index (Phi) is 15.8. The minimum Gasteiger partial charge on any atom is -0.496 e. The first kappa shape index (κ1) is 36.8. The Balaban J connectivity index is 0.000000241. The standard InChI is InChI=1S/C22H34O2.C18H17NO.C2H6/c1-4-5-6-7-9-18-10-8-11-19(15-13-18)22(23)20-14-12-17(2)21(16-20)24-3;1-19-17-11-5-3-2-4-9-15(17)13-12-14-8-6-7-10-16(14)18(19)20;1-2/h12,14,16,18-19H,4-11,13,15H2,1-3H3;2,4,6-13H,3,5H2,1H3;1-2H3/b;4-2+,13-12+,15-9-,17-11+;. The van der Waals surface area contributed by atoms with E-state index in [4.69, 9.17) is 4.74 Å². The maximum absolute atomic E-state index is 12.9. The third-order valence-corrected chi connectivity index (χ3v) is 9.30. The van der Waals surface area contributed by atoms with Gasteiger partial charge in [0.1, 0.15) is 5.75 Å². The quantitative estimate of drug-likeness (QED) is 0.167. The van der Waals surface area contributed by atoms with Crippen LogP contribution in [-0.2, 0) is 0 Å². The summed E-state index contributed by atoms with van der Waals surface area (Å²) in [4.78, 5) is 27.3. The number of rotatable bonds is 8. The second-order valence-electron chi connectivity index (χ2n) is 12.5. The molecule has 2 aromatic carbocycles. The number of allylic oxidation sites excluding steroid dienone is 5. The molecule has 2 unspecified atom stereocenters. The van der Waals surface area contributed by atoms with Crippen LogP contribution in [0.4, 0.5) is 0 Å². The summed E-state index contributed by atoms with van der Waals surface area (Å²) in [5.41, 5.74) is 5.70. The average molecular weight is 624 g/mol. The van der Waals surface area contributed by atoms with E-state index in [1.54, 1.807) is 12.0 Å². The lowest BCUT2D eigenvalue weighted by atomic mass is 9.89. The van der Waals surface area contributed by atoms with Crippen molar-refractivity contribution in [3.63, 3.8) is 0 Å². The number of nitrogens with zero attached hydrogens (tertiary/aromatic N) is 1. The number of carbonyl (C=O) groups excluding carboxylic acids is 2. The van der Waals surface area contributed by atoms with Gasteiger partial charge >= 0.3 is 0 Å². The van der Waals surface area contributed by atoms with Gasteiger partial charge in [0.05, 0.1) is 7.11 Å². The average Bonchev–Trinajstić information content (AvgIpc) is 3.32. The molecule has 4 heteroatoms. The highest BCUT2D eigenvalue weighted by molar-refractivity contribution is 6.00. The highest BCUT2D eigenvalue weighted by Crippen LogP contribution is 2.33. The number of unbranched alkanes of at least 4 members (excludes halogenated alkanes) is 3. The van der Waals surface area contributed by atoms with Crippen molar-refractivity contribution in [2.75, 3.05) is 14.2 Å². The van der Waals surface area contributed by atoms with Gasteiger partial charge in [0.25, 0.3) is 5.91 Å². The van der Waals surface area contributed by atoms with E-state index < -0.39 is 0 Å². The maximum Gasteiger partial charge on any atom is 0.258 e. The van der Waals surface area contributed by atoms with Gasteiger partial charge in [0.15, 0.2) is 5.78 Å². The molecule has 46 heavy (non-hydrogen) atoms. The van der Waals surface area contributed by atoms with Gasteiger partial charge in [-0.15, -0.1) is 0 Å². The predicted molar refractivity (Wildman–Crippen MR) is 194 cm³/mol. The Labute approximate surface area is 279 Å². The topological polar surface area (TPSA) is 46.6 Å². The van der Waals surface area contributed by atoms with Crippen molar-refractivity contribution in [3.8, 4) is 5.75 Å². The molecule has 0 N–H and O–H groups in total. The molecule has 2 aromatic rings. The Hall–Kier alpha value is -3.66. The fraction of sp³-hybridized carbons (Fsp3) is 0.476. The number of aryl methyl sites for hydroxylation is 1. The molecule has 3 aliphatic rings. The zero-order chi connectivity index (χ0) is 33.3. The van der Waals surface area contributed by atoms with E-state index >= 15 is 0 Å². The summed E-state index contributed by atoms with van der Waals surface area (Å²) in [5, 5.41) is 0. The molecule has 4 nitrogen and oxygen atoms in total. The van der Waals surface area contributed by atoms with Crippen LogP contribution in [0.2, 0.25) is 0 Å². The number of carbonyl (C=O) groups is 2. The summed E-state index contributed by atoms with van der Waals surface area (Å²) < 4.78 is 5.38. The summed E-state index contributed by atoms with van der Waals surface area (Å²) in [7, 11) is 3.52. The molecular weight excluding hydrogens is 566 g/mol. The fourth-order valence-corrected chi connectivity index (χ4v) is 6.56. The Morgan fingerprint density at radius 3 is 2.54 bits per heavy atom. The number of ketones is 1. The molecule has 2 aliphatic carbocycles. The maximum atomic E-state index is 12.9. The van der Waals surface area contributed by atoms with Gasteiger partial charge in [-0.1, -0.05) is 133 Å². The summed E-state index contributed by atoms with van der Waals surface area (Å²) in [6.07, 6.45) is 27.1. The molecule has 2 atom stereocenters. The lowest BCUT2D eigenvalue weighted by Crippen LogP contribution is -2.28. The van der Waals surface area contributed by atoms with E-state index in [9.17, 15) is 9.59 Å². The third-order valence-electron chi connectivity index (χ3n) is 9.30. The molecule has 1 heterocycles. The van der Waals surface area contributed by atoms with Crippen molar-refractivity contribution in [2.45, 2.75) is 105 Å². The zero-order valence-corrected chi connectivity index (χ0v) is 29.3. The second-order valence-corrected chi connectivity index (χ2v) is 12.5. The Morgan fingerprint density at radius 1 is 0.957 bits per heavy atom. The number of likely N-dealkylation sites (N-methyl/N-ethyl adjacent to an activating group) is 1. The molecule has 0 spiro atoms. The van der Waals surface area contributed by atoms with Gasteiger partial charge in [-0.25, -0.2) is 0 Å². The van der Waals surface area contributed by atoms with Crippen molar-refractivity contribution in [3.05, 3.63) is 106 Å². The van der Waals surface area contributed by atoms with Crippen molar-refractivity contribution in [2.24, 2.45) is 11.8 Å². The smallest absolute Gasteiger partial charge is 0.258 e. The zero-order valence-electron chi connectivity index (χ0n) is 29.3. The largest absolute Gasteiger partial charge is 0.496 e. The first-order valence-corrected chi connectivity index (χ1v) is 17.7. The van der Waals surface area contributed by atoms with E-state index in [-0.39, 0.29) is 11.8 Å². The number of ether oxygens (including phenoxy) is 1. The molecule has 1 aliphatic heterocycles. The molecule has 1 fully saturated rings. The minimum atomic E-state index is 0.0478. The third kappa shape index (κ3) is 10.4. The molecule has 0 radical (unpaired) electrons. The predicted octanol–water partition coefficient (Wildman–Crippen LogP) is 11.3. The second kappa shape index (κ2) is 19.8. The van der Waals surface area contributed by atoms with Gasteiger partial charge < -0.3 is 9.64 Å². The summed E-state index contributed by atoms with van der Waals surface area (Å²) >= 11 is 0. The van der Waals surface area contributed by atoms with Gasteiger partial charge in [-0.2, -0.15) is 0 Å². The monoisotopic (exact) mass is 623 g/mol. The number of methoxy groups -OCH3 is 1. The van der Waals surface area contributed by atoms with E-state index in [0.29, 0.717) is 5.78 Å². The molecule has 248 valence electrons. The number of Topliss-reactive ketones (excluding diaryl/α,β-unsaturated/α-hetero) is 1. The first-order valence-electron chi connectivity index (χ1n) is 17.7.